The zero-order valence-corrected chi connectivity index (χ0v) is 12.5. The fourth-order valence-electron chi connectivity index (χ4n) is 1.92. The maximum Gasteiger partial charge on any atom is 0.332 e. The third-order valence-electron chi connectivity index (χ3n) is 2.89. The molecule has 19 heavy (non-hydrogen) atoms. The summed E-state index contributed by atoms with van der Waals surface area (Å²) in [6, 6.07) is 3.98. The Morgan fingerprint density at radius 3 is 2.74 bits per heavy atom. The van der Waals surface area contributed by atoms with Crippen LogP contribution in [0.5, 0.6) is 0 Å². The molecular weight excluding hydrogens is 334 g/mol. The number of hydrogen-bond acceptors (Lipinski definition) is 4. The number of carboxylic acid groups (broad SMARTS) is 1. The Bertz CT molecular complexity index is 476. The second-order valence-corrected chi connectivity index (χ2v) is 6.82. The van der Waals surface area contributed by atoms with Crippen molar-refractivity contribution < 1.29 is 19.4 Å². The molecule has 0 aromatic carbocycles. The van der Waals surface area contributed by atoms with E-state index in [1.54, 1.807) is 11.3 Å². The quantitative estimate of drug-likeness (QED) is 0.851. The molecule has 0 radical (unpaired) electrons. The Labute approximate surface area is 123 Å². The maximum absolute atomic E-state index is 11.8. The lowest BCUT2D eigenvalue weighted by Crippen LogP contribution is -2.36. The van der Waals surface area contributed by atoms with E-state index in [1.165, 1.54) is 4.88 Å². The normalized spacial score (nSPS) is 22.4. The van der Waals surface area contributed by atoms with Crippen molar-refractivity contribution in [2.75, 3.05) is 6.54 Å². The molecule has 2 rings (SSSR count). The number of halogens is 1. The first kappa shape index (κ1) is 14.5. The van der Waals surface area contributed by atoms with Crippen molar-refractivity contribution in [3.8, 4) is 0 Å². The number of carboxylic acids is 1. The summed E-state index contributed by atoms with van der Waals surface area (Å²) in [5.74, 6) is -1.22. The van der Waals surface area contributed by atoms with Crippen molar-refractivity contribution in [1.82, 2.24) is 5.32 Å². The number of hydrogen-bond donors (Lipinski definition) is 2. The minimum absolute atomic E-state index is 0.223. The second-order valence-electron chi connectivity index (χ2n) is 4.28. The number of amides is 1. The third-order valence-corrected chi connectivity index (χ3v) is 4.57. The fraction of sp³-hybridized carbons (Fsp3) is 0.500. The largest absolute Gasteiger partial charge is 0.479 e. The molecule has 1 amide bonds. The number of thiophene rings is 1. The molecule has 1 fully saturated rings. The molecule has 0 aliphatic carbocycles. The summed E-state index contributed by atoms with van der Waals surface area (Å²) in [6.07, 6.45) is 0.149. The van der Waals surface area contributed by atoms with Gasteiger partial charge in [0.25, 0.3) is 0 Å². The summed E-state index contributed by atoms with van der Waals surface area (Å²) in [6.45, 7) is 0.531. The van der Waals surface area contributed by atoms with Crippen LogP contribution in [0.4, 0.5) is 0 Å². The van der Waals surface area contributed by atoms with E-state index in [-0.39, 0.29) is 5.91 Å². The summed E-state index contributed by atoms with van der Waals surface area (Å²) in [5, 5.41) is 11.6. The van der Waals surface area contributed by atoms with E-state index in [0.29, 0.717) is 19.4 Å². The molecule has 1 aliphatic rings. The molecule has 1 aliphatic heterocycles. The smallest absolute Gasteiger partial charge is 0.332 e. The number of aliphatic carboxylic acids is 1. The fourth-order valence-corrected chi connectivity index (χ4v) is 3.40. The molecular formula is C12H14BrNO4S. The van der Waals surface area contributed by atoms with Crippen molar-refractivity contribution in [1.29, 1.82) is 0 Å². The highest BCUT2D eigenvalue weighted by atomic mass is 79.9. The van der Waals surface area contributed by atoms with Crippen LogP contribution < -0.4 is 5.32 Å². The molecule has 0 saturated carbocycles. The average Bonchev–Trinajstić information content (AvgIpc) is 2.98. The number of carbonyl (C=O) groups excluding carboxylic acids is 1. The van der Waals surface area contributed by atoms with Crippen molar-refractivity contribution >= 4 is 39.1 Å². The van der Waals surface area contributed by atoms with Gasteiger partial charge in [0.2, 0.25) is 5.91 Å². The first-order chi connectivity index (χ1) is 9.06. The molecule has 2 unspecified atom stereocenters. The van der Waals surface area contributed by atoms with Gasteiger partial charge in [0.15, 0.2) is 6.10 Å². The lowest BCUT2D eigenvalue weighted by molar-refractivity contribution is -0.151. The lowest BCUT2D eigenvalue weighted by atomic mass is 10.2. The van der Waals surface area contributed by atoms with E-state index in [0.717, 1.165) is 10.2 Å². The van der Waals surface area contributed by atoms with Crippen LogP contribution in [0.25, 0.3) is 0 Å². The van der Waals surface area contributed by atoms with Crippen LogP contribution in [0.2, 0.25) is 0 Å². The Morgan fingerprint density at radius 1 is 1.42 bits per heavy atom. The standard InChI is InChI=1S/C12H14BrNO4S/c13-10-4-1-7(19-10)5-6-14-11(15)8-2-3-9(18-8)12(16)17/h1,4,8-9H,2-3,5-6H2,(H,14,15)(H,16,17). The predicted molar refractivity (Wildman–Crippen MR) is 74.3 cm³/mol. The van der Waals surface area contributed by atoms with Crippen LogP contribution in [-0.2, 0) is 20.7 Å². The molecule has 2 atom stereocenters. The Kier molecular flexibility index (Phi) is 4.95. The number of ether oxygens (including phenoxy) is 1. The average molecular weight is 348 g/mol. The van der Waals surface area contributed by atoms with Crippen LogP contribution >= 0.6 is 27.3 Å². The molecule has 0 spiro atoms. The molecule has 1 aromatic rings. The summed E-state index contributed by atoms with van der Waals surface area (Å²) in [5.41, 5.74) is 0. The minimum Gasteiger partial charge on any atom is -0.479 e. The van der Waals surface area contributed by atoms with Gasteiger partial charge in [-0.05, 0) is 47.3 Å². The van der Waals surface area contributed by atoms with Gasteiger partial charge in [0, 0.05) is 11.4 Å². The monoisotopic (exact) mass is 347 g/mol. The van der Waals surface area contributed by atoms with Crippen molar-refractivity contribution in [2.45, 2.75) is 31.5 Å². The summed E-state index contributed by atoms with van der Waals surface area (Å²) < 4.78 is 6.24. The van der Waals surface area contributed by atoms with Crippen molar-refractivity contribution in [3.05, 3.63) is 20.8 Å². The van der Waals surface area contributed by atoms with E-state index in [2.05, 4.69) is 21.2 Å². The van der Waals surface area contributed by atoms with Crippen molar-refractivity contribution in [3.63, 3.8) is 0 Å². The number of carbonyl (C=O) groups is 2. The van der Waals surface area contributed by atoms with Crippen LogP contribution in [0.3, 0.4) is 0 Å². The number of rotatable bonds is 5. The van der Waals surface area contributed by atoms with Gasteiger partial charge in [0.1, 0.15) is 6.10 Å². The molecule has 1 aromatic heterocycles. The van der Waals surface area contributed by atoms with Gasteiger partial charge in [-0.1, -0.05) is 0 Å². The Balaban J connectivity index is 1.72. The van der Waals surface area contributed by atoms with E-state index in [1.807, 2.05) is 12.1 Å². The topological polar surface area (TPSA) is 75.6 Å². The highest BCUT2D eigenvalue weighted by Crippen LogP contribution is 2.22. The van der Waals surface area contributed by atoms with Gasteiger partial charge in [-0.2, -0.15) is 0 Å². The maximum atomic E-state index is 11.8. The van der Waals surface area contributed by atoms with Gasteiger partial charge in [-0.15, -0.1) is 11.3 Å². The molecule has 2 N–H and O–H groups in total. The Morgan fingerprint density at radius 2 is 2.16 bits per heavy atom. The molecule has 104 valence electrons. The van der Waals surface area contributed by atoms with Crippen LogP contribution in [0.15, 0.2) is 15.9 Å². The van der Waals surface area contributed by atoms with Crippen LogP contribution in [0, 0.1) is 0 Å². The molecule has 0 bridgehead atoms. The zero-order chi connectivity index (χ0) is 13.8. The summed E-state index contributed by atoms with van der Waals surface area (Å²) in [7, 11) is 0. The SMILES string of the molecule is O=C(O)C1CCC(C(=O)NCCc2ccc(Br)s2)O1. The first-order valence-corrected chi connectivity index (χ1v) is 7.57. The van der Waals surface area contributed by atoms with Crippen molar-refractivity contribution in [2.24, 2.45) is 0 Å². The molecule has 2 heterocycles. The highest BCUT2D eigenvalue weighted by molar-refractivity contribution is 9.11. The zero-order valence-electron chi connectivity index (χ0n) is 10.1. The summed E-state index contributed by atoms with van der Waals surface area (Å²) >= 11 is 5.01. The van der Waals surface area contributed by atoms with Gasteiger partial charge in [-0.25, -0.2) is 4.79 Å². The van der Waals surface area contributed by atoms with E-state index >= 15 is 0 Å². The van der Waals surface area contributed by atoms with E-state index < -0.39 is 18.2 Å². The minimum atomic E-state index is -1.00. The van der Waals surface area contributed by atoms with Gasteiger partial charge < -0.3 is 15.2 Å². The third kappa shape index (κ3) is 4.02. The second kappa shape index (κ2) is 6.49. The van der Waals surface area contributed by atoms with Crippen LogP contribution in [0.1, 0.15) is 17.7 Å². The predicted octanol–water partition coefficient (Wildman–Crippen LogP) is 1.80. The van der Waals surface area contributed by atoms with Crippen LogP contribution in [-0.4, -0.2) is 35.7 Å². The first-order valence-electron chi connectivity index (χ1n) is 5.96. The number of nitrogens with one attached hydrogen (secondary N) is 1. The van der Waals surface area contributed by atoms with E-state index in [9.17, 15) is 9.59 Å². The molecule has 1 saturated heterocycles. The van der Waals surface area contributed by atoms with Gasteiger partial charge in [0.05, 0.1) is 3.79 Å². The van der Waals surface area contributed by atoms with Gasteiger partial charge >= 0.3 is 5.97 Å². The molecule has 7 heteroatoms. The van der Waals surface area contributed by atoms with E-state index in [4.69, 9.17) is 9.84 Å². The van der Waals surface area contributed by atoms with Gasteiger partial charge in [-0.3, -0.25) is 4.79 Å². The molecule has 5 nitrogen and oxygen atoms in total. The highest BCUT2D eigenvalue weighted by Gasteiger charge is 2.34. The summed E-state index contributed by atoms with van der Waals surface area (Å²) in [4.78, 5) is 23.7. The lowest BCUT2D eigenvalue weighted by Gasteiger charge is -2.11. The Hall–Kier alpha value is -0.920.